The molecule has 1 aromatic heterocycles. The second kappa shape index (κ2) is 5.53. The summed E-state index contributed by atoms with van der Waals surface area (Å²) in [6.07, 6.45) is 0.510. The van der Waals surface area contributed by atoms with Crippen LogP contribution >= 0.6 is 11.3 Å². The standard InChI is InChI=1S/C14H14N2O4S/c1-3-8-11(15)13(14(17)18)21-12(8)9-6-7(2)4-5-10(9)16(19)20/h4-6H,3,15H2,1-2H3,(H,17,18). The smallest absolute Gasteiger partial charge is 0.348 e. The minimum Gasteiger partial charge on any atom is -0.477 e. The molecule has 0 spiro atoms. The highest BCUT2D eigenvalue weighted by molar-refractivity contribution is 7.18. The third-order valence-electron chi connectivity index (χ3n) is 3.19. The number of carboxylic acid groups (broad SMARTS) is 1. The number of hydrogen-bond acceptors (Lipinski definition) is 5. The predicted molar refractivity (Wildman–Crippen MR) is 81.9 cm³/mol. The van der Waals surface area contributed by atoms with E-state index in [0.717, 1.165) is 16.9 Å². The third kappa shape index (κ3) is 2.59. The van der Waals surface area contributed by atoms with E-state index >= 15 is 0 Å². The van der Waals surface area contributed by atoms with Gasteiger partial charge in [-0.05, 0) is 30.5 Å². The molecule has 0 saturated heterocycles. The number of rotatable bonds is 4. The van der Waals surface area contributed by atoms with Gasteiger partial charge in [-0.1, -0.05) is 13.0 Å². The topological polar surface area (TPSA) is 106 Å². The van der Waals surface area contributed by atoms with Crippen molar-refractivity contribution in [2.24, 2.45) is 0 Å². The first kappa shape index (κ1) is 15.0. The second-order valence-electron chi connectivity index (χ2n) is 4.59. The molecular formula is C14H14N2O4S. The van der Waals surface area contributed by atoms with Gasteiger partial charge >= 0.3 is 5.97 Å². The molecule has 21 heavy (non-hydrogen) atoms. The Morgan fingerprint density at radius 1 is 1.48 bits per heavy atom. The van der Waals surface area contributed by atoms with Gasteiger partial charge in [0.25, 0.3) is 5.69 Å². The van der Waals surface area contributed by atoms with Gasteiger partial charge in [0.1, 0.15) is 4.88 Å². The van der Waals surface area contributed by atoms with Crippen LogP contribution in [0.1, 0.15) is 27.7 Å². The minimum atomic E-state index is -1.12. The van der Waals surface area contributed by atoms with Crippen molar-refractivity contribution in [2.75, 3.05) is 5.73 Å². The number of benzene rings is 1. The molecule has 0 amide bonds. The van der Waals surface area contributed by atoms with Gasteiger partial charge < -0.3 is 10.8 Å². The highest BCUT2D eigenvalue weighted by Gasteiger charge is 2.25. The Kier molecular flexibility index (Phi) is 3.95. The molecule has 0 atom stereocenters. The lowest BCUT2D eigenvalue weighted by Gasteiger charge is -2.05. The molecule has 0 aliphatic rings. The van der Waals surface area contributed by atoms with Crippen LogP contribution in [0.25, 0.3) is 10.4 Å². The molecule has 1 heterocycles. The summed E-state index contributed by atoms with van der Waals surface area (Å²) in [6.45, 7) is 3.67. The number of nitro groups is 1. The van der Waals surface area contributed by atoms with E-state index in [2.05, 4.69) is 0 Å². The molecule has 1 aromatic carbocycles. The lowest BCUT2D eigenvalue weighted by atomic mass is 10.0. The van der Waals surface area contributed by atoms with Gasteiger partial charge in [-0.15, -0.1) is 11.3 Å². The zero-order valence-electron chi connectivity index (χ0n) is 11.5. The Balaban J connectivity index is 2.78. The van der Waals surface area contributed by atoms with Crippen molar-refractivity contribution in [2.45, 2.75) is 20.3 Å². The van der Waals surface area contributed by atoms with Crippen LogP contribution in [0.15, 0.2) is 18.2 Å². The zero-order chi connectivity index (χ0) is 15.7. The van der Waals surface area contributed by atoms with E-state index in [9.17, 15) is 20.0 Å². The van der Waals surface area contributed by atoms with E-state index in [1.54, 1.807) is 12.1 Å². The molecule has 0 radical (unpaired) electrons. The number of nitro benzene ring substituents is 1. The monoisotopic (exact) mass is 306 g/mol. The predicted octanol–water partition coefficient (Wildman–Crippen LogP) is 3.47. The molecule has 2 rings (SSSR count). The molecule has 0 saturated carbocycles. The maximum atomic E-state index is 11.2. The van der Waals surface area contributed by atoms with Gasteiger partial charge in [0.15, 0.2) is 0 Å². The molecule has 0 aliphatic heterocycles. The number of anilines is 1. The largest absolute Gasteiger partial charge is 0.477 e. The first-order valence-electron chi connectivity index (χ1n) is 6.26. The summed E-state index contributed by atoms with van der Waals surface area (Å²) in [7, 11) is 0. The van der Waals surface area contributed by atoms with Crippen molar-refractivity contribution in [3.63, 3.8) is 0 Å². The Morgan fingerprint density at radius 3 is 2.67 bits per heavy atom. The molecule has 0 bridgehead atoms. The average Bonchev–Trinajstić information content (AvgIpc) is 2.75. The molecular weight excluding hydrogens is 292 g/mol. The van der Waals surface area contributed by atoms with Crippen molar-refractivity contribution in [1.82, 2.24) is 0 Å². The van der Waals surface area contributed by atoms with Gasteiger partial charge in [-0.2, -0.15) is 0 Å². The number of nitrogens with zero attached hydrogens (tertiary/aromatic N) is 1. The van der Waals surface area contributed by atoms with Crippen LogP contribution < -0.4 is 5.73 Å². The van der Waals surface area contributed by atoms with E-state index in [1.165, 1.54) is 6.07 Å². The van der Waals surface area contributed by atoms with Crippen LogP contribution in [-0.2, 0) is 6.42 Å². The van der Waals surface area contributed by atoms with Crippen molar-refractivity contribution >= 4 is 28.7 Å². The fourth-order valence-electron chi connectivity index (χ4n) is 2.20. The summed E-state index contributed by atoms with van der Waals surface area (Å²) < 4.78 is 0. The van der Waals surface area contributed by atoms with Crippen LogP contribution in [0.4, 0.5) is 11.4 Å². The van der Waals surface area contributed by atoms with Gasteiger partial charge in [0.2, 0.25) is 0 Å². The molecule has 0 unspecified atom stereocenters. The van der Waals surface area contributed by atoms with Crippen LogP contribution in [0.2, 0.25) is 0 Å². The highest BCUT2D eigenvalue weighted by atomic mass is 32.1. The number of aromatic carboxylic acids is 1. The summed E-state index contributed by atoms with van der Waals surface area (Å²) in [5, 5.41) is 20.4. The number of carbonyl (C=O) groups is 1. The first-order valence-corrected chi connectivity index (χ1v) is 7.08. The summed E-state index contributed by atoms with van der Waals surface area (Å²) in [4.78, 5) is 22.5. The Morgan fingerprint density at radius 2 is 2.14 bits per heavy atom. The first-order chi connectivity index (χ1) is 9.86. The summed E-state index contributed by atoms with van der Waals surface area (Å²) >= 11 is 0.983. The fraction of sp³-hybridized carbons (Fsp3) is 0.214. The molecule has 110 valence electrons. The minimum absolute atomic E-state index is 0.0256. The van der Waals surface area contributed by atoms with Crippen LogP contribution in [-0.4, -0.2) is 16.0 Å². The summed E-state index contributed by atoms with van der Waals surface area (Å²) in [5.74, 6) is -1.12. The number of hydrogen-bond donors (Lipinski definition) is 2. The van der Waals surface area contributed by atoms with Gasteiger partial charge in [0, 0.05) is 10.9 Å². The van der Waals surface area contributed by atoms with E-state index in [1.807, 2.05) is 13.8 Å². The van der Waals surface area contributed by atoms with Crippen molar-refractivity contribution in [1.29, 1.82) is 0 Å². The lowest BCUT2D eigenvalue weighted by molar-refractivity contribution is -0.384. The molecule has 7 heteroatoms. The highest BCUT2D eigenvalue weighted by Crippen LogP contribution is 2.42. The van der Waals surface area contributed by atoms with Gasteiger partial charge in [-0.25, -0.2) is 4.79 Å². The number of thiophene rings is 1. The number of nitrogen functional groups attached to an aromatic ring is 1. The molecule has 0 aliphatic carbocycles. The third-order valence-corrected chi connectivity index (χ3v) is 4.46. The SMILES string of the molecule is CCc1c(-c2cc(C)ccc2[N+](=O)[O-])sc(C(=O)O)c1N. The second-order valence-corrected chi connectivity index (χ2v) is 5.61. The Hall–Kier alpha value is -2.41. The Bertz CT molecular complexity index is 737. The van der Waals surface area contributed by atoms with Crippen LogP contribution in [0.3, 0.4) is 0 Å². The maximum Gasteiger partial charge on any atom is 0.348 e. The maximum absolute atomic E-state index is 11.2. The van der Waals surface area contributed by atoms with Gasteiger partial charge in [0.05, 0.1) is 16.2 Å². The van der Waals surface area contributed by atoms with E-state index in [-0.39, 0.29) is 16.3 Å². The van der Waals surface area contributed by atoms with E-state index in [4.69, 9.17) is 5.73 Å². The molecule has 6 nitrogen and oxygen atoms in total. The summed E-state index contributed by atoms with van der Waals surface area (Å²) in [5.41, 5.74) is 7.95. The van der Waals surface area contributed by atoms with Gasteiger partial charge in [-0.3, -0.25) is 10.1 Å². The number of carboxylic acids is 1. The van der Waals surface area contributed by atoms with Crippen molar-refractivity contribution in [3.05, 3.63) is 44.3 Å². The number of nitrogens with two attached hydrogens (primary N) is 1. The molecule has 0 fully saturated rings. The van der Waals surface area contributed by atoms with Crippen LogP contribution in [0.5, 0.6) is 0 Å². The quantitative estimate of drug-likeness (QED) is 0.664. The molecule has 3 N–H and O–H groups in total. The molecule has 2 aromatic rings. The summed E-state index contributed by atoms with van der Waals surface area (Å²) in [6, 6.07) is 4.77. The van der Waals surface area contributed by atoms with Crippen molar-refractivity contribution in [3.8, 4) is 10.4 Å². The lowest BCUT2D eigenvalue weighted by Crippen LogP contribution is -1.99. The van der Waals surface area contributed by atoms with E-state index in [0.29, 0.717) is 22.4 Å². The number of aryl methyl sites for hydroxylation is 1. The van der Waals surface area contributed by atoms with E-state index < -0.39 is 10.9 Å². The zero-order valence-corrected chi connectivity index (χ0v) is 12.4. The normalized spacial score (nSPS) is 10.6. The average molecular weight is 306 g/mol. The van der Waals surface area contributed by atoms with Crippen LogP contribution in [0, 0.1) is 17.0 Å². The van der Waals surface area contributed by atoms with Crippen molar-refractivity contribution < 1.29 is 14.8 Å². The Labute approximate surface area is 125 Å². The fourth-order valence-corrected chi connectivity index (χ4v) is 3.37.